The smallest absolute Gasteiger partial charge is 0.260 e. The standard InChI is InChI=1S/C15H24N2O2/c1-11(2)12(3)17(4)15(18)10-19-14-7-5-13(9-16)6-8-14/h5-8,11-12H,9-10,16H2,1-4H3. The second-order valence-electron chi connectivity index (χ2n) is 5.13. The van der Waals surface area contributed by atoms with Gasteiger partial charge in [-0.25, -0.2) is 0 Å². The number of nitrogens with zero attached hydrogens (tertiary/aromatic N) is 1. The van der Waals surface area contributed by atoms with Crippen molar-refractivity contribution in [3.05, 3.63) is 29.8 Å². The van der Waals surface area contributed by atoms with Crippen molar-refractivity contribution in [3.8, 4) is 5.75 Å². The molecule has 0 aromatic heterocycles. The second-order valence-corrected chi connectivity index (χ2v) is 5.13. The maximum Gasteiger partial charge on any atom is 0.260 e. The third-order valence-corrected chi connectivity index (χ3v) is 3.49. The van der Waals surface area contributed by atoms with Gasteiger partial charge in [-0.2, -0.15) is 0 Å². The zero-order chi connectivity index (χ0) is 14.4. The van der Waals surface area contributed by atoms with Crippen LogP contribution >= 0.6 is 0 Å². The number of benzene rings is 1. The van der Waals surface area contributed by atoms with Crippen LogP contribution in [0.15, 0.2) is 24.3 Å². The van der Waals surface area contributed by atoms with Crippen LogP contribution in [0.4, 0.5) is 0 Å². The summed E-state index contributed by atoms with van der Waals surface area (Å²) in [5, 5.41) is 0. The summed E-state index contributed by atoms with van der Waals surface area (Å²) in [7, 11) is 1.81. The van der Waals surface area contributed by atoms with E-state index < -0.39 is 0 Å². The Morgan fingerprint density at radius 3 is 2.32 bits per heavy atom. The highest BCUT2D eigenvalue weighted by atomic mass is 16.5. The quantitative estimate of drug-likeness (QED) is 0.855. The lowest BCUT2D eigenvalue weighted by Gasteiger charge is -2.27. The molecule has 1 amide bonds. The van der Waals surface area contributed by atoms with Crippen LogP contribution in [0.1, 0.15) is 26.3 Å². The molecule has 4 nitrogen and oxygen atoms in total. The van der Waals surface area contributed by atoms with Crippen molar-refractivity contribution in [2.75, 3.05) is 13.7 Å². The zero-order valence-corrected chi connectivity index (χ0v) is 12.2. The molecule has 0 aliphatic carbocycles. The van der Waals surface area contributed by atoms with Gasteiger partial charge in [-0.1, -0.05) is 26.0 Å². The molecular weight excluding hydrogens is 240 g/mol. The largest absolute Gasteiger partial charge is 0.484 e. The van der Waals surface area contributed by atoms with Crippen LogP contribution < -0.4 is 10.5 Å². The number of ether oxygens (including phenoxy) is 1. The van der Waals surface area contributed by atoms with Crippen LogP contribution in [0, 0.1) is 5.92 Å². The van der Waals surface area contributed by atoms with Gasteiger partial charge in [0.05, 0.1) is 0 Å². The van der Waals surface area contributed by atoms with Crippen molar-refractivity contribution in [2.24, 2.45) is 11.7 Å². The van der Waals surface area contributed by atoms with Gasteiger partial charge < -0.3 is 15.4 Å². The molecule has 0 fully saturated rings. The minimum atomic E-state index is -0.0101. The molecule has 1 aromatic rings. The van der Waals surface area contributed by atoms with E-state index >= 15 is 0 Å². The number of carbonyl (C=O) groups is 1. The highest BCUT2D eigenvalue weighted by molar-refractivity contribution is 5.77. The second kappa shape index (κ2) is 7.14. The Bertz CT molecular complexity index is 401. The molecule has 0 spiro atoms. The maximum atomic E-state index is 12.0. The lowest BCUT2D eigenvalue weighted by atomic mass is 10.1. The first-order chi connectivity index (χ1) is 8.95. The lowest BCUT2D eigenvalue weighted by Crippen LogP contribution is -2.40. The van der Waals surface area contributed by atoms with Gasteiger partial charge in [-0.05, 0) is 30.5 Å². The minimum Gasteiger partial charge on any atom is -0.484 e. The molecule has 0 saturated carbocycles. The van der Waals surface area contributed by atoms with E-state index in [1.807, 2.05) is 38.2 Å². The van der Waals surface area contributed by atoms with Crippen molar-refractivity contribution in [1.29, 1.82) is 0 Å². The van der Waals surface area contributed by atoms with Crippen molar-refractivity contribution >= 4 is 5.91 Å². The molecule has 0 radical (unpaired) electrons. The van der Waals surface area contributed by atoms with Gasteiger partial charge >= 0.3 is 0 Å². The summed E-state index contributed by atoms with van der Waals surface area (Å²) in [6.07, 6.45) is 0. The molecule has 1 unspecified atom stereocenters. The number of rotatable bonds is 6. The van der Waals surface area contributed by atoms with Crippen molar-refractivity contribution in [1.82, 2.24) is 4.90 Å². The van der Waals surface area contributed by atoms with Gasteiger partial charge in [0.1, 0.15) is 5.75 Å². The summed E-state index contributed by atoms with van der Waals surface area (Å²) in [5.41, 5.74) is 6.57. The molecule has 19 heavy (non-hydrogen) atoms. The third kappa shape index (κ3) is 4.56. The number of amides is 1. The Morgan fingerprint density at radius 2 is 1.84 bits per heavy atom. The van der Waals surface area contributed by atoms with E-state index in [0.29, 0.717) is 18.2 Å². The van der Waals surface area contributed by atoms with Gasteiger partial charge in [-0.15, -0.1) is 0 Å². The first kappa shape index (κ1) is 15.5. The van der Waals surface area contributed by atoms with E-state index in [2.05, 4.69) is 13.8 Å². The monoisotopic (exact) mass is 264 g/mol. The molecule has 4 heteroatoms. The summed E-state index contributed by atoms with van der Waals surface area (Å²) in [5.74, 6) is 1.11. The average molecular weight is 264 g/mol. The summed E-state index contributed by atoms with van der Waals surface area (Å²) in [6.45, 7) is 6.81. The molecule has 0 bridgehead atoms. The highest BCUT2D eigenvalue weighted by Gasteiger charge is 2.18. The van der Waals surface area contributed by atoms with Crippen LogP contribution in [0.25, 0.3) is 0 Å². The third-order valence-electron chi connectivity index (χ3n) is 3.49. The Balaban J connectivity index is 2.49. The van der Waals surface area contributed by atoms with Crippen LogP contribution in [-0.4, -0.2) is 30.5 Å². The van der Waals surface area contributed by atoms with Crippen LogP contribution in [0.2, 0.25) is 0 Å². The number of carbonyl (C=O) groups excluding carboxylic acids is 1. The van der Waals surface area contributed by atoms with E-state index in [-0.39, 0.29) is 18.6 Å². The predicted octanol–water partition coefficient (Wildman–Crippen LogP) is 2.03. The summed E-state index contributed by atoms with van der Waals surface area (Å²) >= 11 is 0. The Labute approximate surface area is 115 Å². The van der Waals surface area contributed by atoms with Gasteiger partial charge in [0.15, 0.2) is 6.61 Å². The normalized spacial score (nSPS) is 12.3. The fourth-order valence-corrected chi connectivity index (χ4v) is 1.64. The van der Waals surface area contributed by atoms with Crippen molar-refractivity contribution in [2.45, 2.75) is 33.4 Å². The Hall–Kier alpha value is -1.55. The Morgan fingerprint density at radius 1 is 1.26 bits per heavy atom. The molecule has 2 N–H and O–H groups in total. The number of likely N-dealkylation sites (N-methyl/N-ethyl adjacent to an activating group) is 1. The molecule has 1 aromatic carbocycles. The van der Waals surface area contributed by atoms with Gasteiger partial charge in [0.25, 0.3) is 5.91 Å². The van der Waals surface area contributed by atoms with Crippen LogP contribution in [0.5, 0.6) is 5.75 Å². The van der Waals surface area contributed by atoms with Crippen molar-refractivity contribution in [3.63, 3.8) is 0 Å². The van der Waals surface area contributed by atoms with Crippen molar-refractivity contribution < 1.29 is 9.53 Å². The van der Waals surface area contributed by atoms with Crippen LogP contribution in [0.3, 0.4) is 0 Å². The fourth-order valence-electron chi connectivity index (χ4n) is 1.64. The highest BCUT2D eigenvalue weighted by Crippen LogP contribution is 2.13. The summed E-state index contributed by atoms with van der Waals surface area (Å²) in [4.78, 5) is 13.7. The molecule has 1 rings (SSSR count). The summed E-state index contributed by atoms with van der Waals surface area (Å²) < 4.78 is 5.49. The number of nitrogens with two attached hydrogens (primary N) is 1. The SMILES string of the molecule is CC(C)C(C)N(C)C(=O)COc1ccc(CN)cc1. The first-order valence-corrected chi connectivity index (χ1v) is 6.63. The van der Waals surface area contributed by atoms with E-state index in [1.54, 1.807) is 4.90 Å². The van der Waals surface area contributed by atoms with Crippen LogP contribution in [-0.2, 0) is 11.3 Å². The molecule has 106 valence electrons. The van der Waals surface area contributed by atoms with E-state index in [0.717, 1.165) is 5.56 Å². The number of hydrogen-bond acceptors (Lipinski definition) is 3. The zero-order valence-electron chi connectivity index (χ0n) is 12.2. The molecular formula is C15H24N2O2. The molecule has 0 aliphatic heterocycles. The number of hydrogen-bond donors (Lipinski definition) is 1. The maximum absolute atomic E-state index is 12.0. The molecule has 1 atom stereocenters. The first-order valence-electron chi connectivity index (χ1n) is 6.63. The fraction of sp³-hybridized carbons (Fsp3) is 0.533. The van der Waals surface area contributed by atoms with Gasteiger partial charge in [0.2, 0.25) is 0 Å². The molecule has 0 aliphatic rings. The van der Waals surface area contributed by atoms with E-state index in [1.165, 1.54) is 0 Å². The van der Waals surface area contributed by atoms with Gasteiger partial charge in [0, 0.05) is 19.6 Å². The predicted molar refractivity (Wildman–Crippen MR) is 76.9 cm³/mol. The lowest BCUT2D eigenvalue weighted by molar-refractivity contribution is -0.134. The minimum absolute atomic E-state index is 0.0101. The Kier molecular flexibility index (Phi) is 5.83. The van der Waals surface area contributed by atoms with E-state index in [9.17, 15) is 4.79 Å². The molecule has 0 heterocycles. The topological polar surface area (TPSA) is 55.6 Å². The van der Waals surface area contributed by atoms with E-state index in [4.69, 9.17) is 10.5 Å². The average Bonchev–Trinajstić information content (AvgIpc) is 2.43. The van der Waals surface area contributed by atoms with Gasteiger partial charge in [-0.3, -0.25) is 4.79 Å². The summed E-state index contributed by atoms with van der Waals surface area (Å²) in [6, 6.07) is 7.68. The molecule has 0 saturated heterocycles.